The molecule has 2 fully saturated rings. The monoisotopic (exact) mass is 378 g/mol. The topological polar surface area (TPSA) is 32.3 Å². The molecule has 2 aliphatic rings. The standard InChI is InChI=1S/C13H15IN2O.ClH/c14-11-3-1-10(2-4-11)12(17)16-8-7-15-9-13(16)5-6-13;/h1-4,15H,5-9H2;1H. The average Bonchev–Trinajstić information content (AvgIpc) is 3.10. The second kappa shape index (κ2) is 5.35. The van der Waals surface area contributed by atoms with Crippen LogP contribution in [0.2, 0.25) is 0 Å². The fraction of sp³-hybridized carbons (Fsp3) is 0.462. The maximum Gasteiger partial charge on any atom is 0.254 e. The number of rotatable bonds is 1. The minimum atomic E-state index is 0. The predicted molar refractivity (Wildman–Crippen MR) is 82.3 cm³/mol. The molecule has 5 heteroatoms. The second-order valence-electron chi connectivity index (χ2n) is 4.86. The van der Waals surface area contributed by atoms with Gasteiger partial charge < -0.3 is 10.2 Å². The van der Waals surface area contributed by atoms with Crippen molar-refractivity contribution in [1.82, 2.24) is 10.2 Å². The van der Waals surface area contributed by atoms with Crippen LogP contribution in [0, 0.1) is 3.57 Å². The SMILES string of the molecule is Cl.O=C(c1ccc(I)cc1)N1CCNCC12CC2. The number of hydrogen-bond donors (Lipinski definition) is 1. The summed E-state index contributed by atoms with van der Waals surface area (Å²) < 4.78 is 1.17. The molecule has 1 aromatic rings. The van der Waals surface area contributed by atoms with Gasteiger partial charge in [-0.15, -0.1) is 12.4 Å². The number of amides is 1. The minimum absolute atomic E-state index is 0. The first kappa shape index (κ1) is 14.1. The molecule has 1 spiro atoms. The second-order valence-corrected chi connectivity index (χ2v) is 6.11. The van der Waals surface area contributed by atoms with E-state index in [4.69, 9.17) is 0 Å². The number of nitrogens with one attached hydrogen (secondary N) is 1. The molecule has 0 aromatic heterocycles. The molecule has 1 saturated heterocycles. The molecule has 1 heterocycles. The molecule has 0 bridgehead atoms. The number of nitrogens with zero attached hydrogens (tertiary/aromatic N) is 1. The van der Waals surface area contributed by atoms with Crippen molar-refractivity contribution in [2.24, 2.45) is 0 Å². The Labute approximate surface area is 127 Å². The lowest BCUT2D eigenvalue weighted by atomic mass is 10.1. The van der Waals surface area contributed by atoms with Gasteiger partial charge >= 0.3 is 0 Å². The van der Waals surface area contributed by atoms with Crippen LogP contribution in [0.5, 0.6) is 0 Å². The highest BCUT2D eigenvalue weighted by molar-refractivity contribution is 14.1. The molecule has 1 aliphatic heterocycles. The van der Waals surface area contributed by atoms with Crippen LogP contribution in [0.1, 0.15) is 23.2 Å². The lowest BCUT2D eigenvalue weighted by Gasteiger charge is -2.36. The van der Waals surface area contributed by atoms with E-state index in [2.05, 4.69) is 32.8 Å². The summed E-state index contributed by atoms with van der Waals surface area (Å²) in [5.41, 5.74) is 0.955. The summed E-state index contributed by atoms with van der Waals surface area (Å²) in [5.74, 6) is 0.195. The Hall–Kier alpha value is -0.330. The molecule has 1 saturated carbocycles. The molecule has 3 rings (SSSR count). The molecular weight excluding hydrogens is 363 g/mol. The summed E-state index contributed by atoms with van der Waals surface area (Å²) in [6.45, 7) is 2.71. The zero-order valence-corrected chi connectivity index (χ0v) is 13.0. The number of piperazine rings is 1. The summed E-state index contributed by atoms with van der Waals surface area (Å²) in [6.07, 6.45) is 2.30. The van der Waals surface area contributed by atoms with E-state index in [1.807, 2.05) is 24.3 Å². The number of hydrogen-bond acceptors (Lipinski definition) is 2. The van der Waals surface area contributed by atoms with E-state index in [1.54, 1.807) is 0 Å². The lowest BCUT2D eigenvalue weighted by Crippen LogP contribution is -2.55. The number of benzene rings is 1. The third-order valence-corrected chi connectivity index (χ3v) is 4.42. The van der Waals surface area contributed by atoms with Crippen molar-refractivity contribution >= 4 is 40.9 Å². The molecule has 0 unspecified atom stereocenters. The summed E-state index contributed by atoms with van der Waals surface area (Å²) in [4.78, 5) is 14.5. The van der Waals surface area contributed by atoms with Crippen LogP contribution in [0.25, 0.3) is 0 Å². The highest BCUT2D eigenvalue weighted by Gasteiger charge is 2.51. The van der Waals surface area contributed by atoms with Crippen molar-refractivity contribution in [1.29, 1.82) is 0 Å². The summed E-state index contributed by atoms with van der Waals surface area (Å²) in [5, 5.41) is 3.39. The van der Waals surface area contributed by atoms with Gasteiger partial charge in [0.25, 0.3) is 5.91 Å². The van der Waals surface area contributed by atoms with Gasteiger partial charge in [-0.2, -0.15) is 0 Å². The fourth-order valence-electron chi connectivity index (χ4n) is 2.50. The van der Waals surface area contributed by atoms with Crippen molar-refractivity contribution in [3.05, 3.63) is 33.4 Å². The smallest absolute Gasteiger partial charge is 0.254 e. The molecule has 98 valence electrons. The highest BCUT2D eigenvalue weighted by atomic mass is 127. The Kier molecular flexibility index (Phi) is 4.18. The lowest BCUT2D eigenvalue weighted by molar-refractivity contribution is 0.0600. The van der Waals surface area contributed by atoms with Gasteiger partial charge in [-0.3, -0.25) is 4.79 Å². The van der Waals surface area contributed by atoms with E-state index in [0.29, 0.717) is 0 Å². The first-order valence-electron chi connectivity index (χ1n) is 6.00. The zero-order valence-electron chi connectivity index (χ0n) is 9.99. The molecule has 1 aromatic carbocycles. The highest BCUT2D eigenvalue weighted by Crippen LogP contribution is 2.42. The van der Waals surface area contributed by atoms with Gasteiger partial charge in [-0.25, -0.2) is 0 Å². The van der Waals surface area contributed by atoms with Crippen LogP contribution in [0.4, 0.5) is 0 Å². The summed E-state index contributed by atoms with van der Waals surface area (Å²) in [6, 6.07) is 7.86. The Morgan fingerprint density at radius 3 is 2.56 bits per heavy atom. The van der Waals surface area contributed by atoms with Gasteiger partial charge in [0, 0.05) is 28.8 Å². The minimum Gasteiger partial charge on any atom is -0.330 e. The number of carbonyl (C=O) groups excluding carboxylic acids is 1. The Balaban J connectivity index is 0.00000120. The van der Waals surface area contributed by atoms with E-state index < -0.39 is 0 Å². The largest absolute Gasteiger partial charge is 0.330 e. The number of carbonyl (C=O) groups is 1. The first-order chi connectivity index (χ1) is 8.21. The molecular formula is C13H16ClIN2O. The van der Waals surface area contributed by atoms with Crippen molar-refractivity contribution < 1.29 is 4.79 Å². The van der Waals surface area contributed by atoms with Gasteiger partial charge in [0.1, 0.15) is 0 Å². The van der Waals surface area contributed by atoms with Crippen molar-refractivity contribution in [2.75, 3.05) is 19.6 Å². The molecule has 18 heavy (non-hydrogen) atoms. The van der Waals surface area contributed by atoms with Crippen LogP contribution in [0.15, 0.2) is 24.3 Å². The first-order valence-corrected chi connectivity index (χ1v) is 7.07. The van der Waals surface area contributed by atoms with Gasteiger partial charge in [0.2, 0.25) is 0 Å². The molecule has 1 aliphatic carbocycles. The third-order valence-electron chi connectivity index (χ3n) is 3.70. The predicted octanol–water partition coefficient (Wildman–Crippen LogP) is 2.29. The summed E-state index contributed by atoms with van der Waals surface area (Å²) in [7, 11) is 0. The molecule has 0 atom stereocenters. The van der Waals surface area contributed by atoms with Crippen molar-refractivity contribution in [2.45, 2.75) is 18.4 Å². The van der Waals surface area contributed by atoms with Crippen LogP contribution in [-0.4, -0.2) is 36.0 Å². The van der Waals surface area contributed by atoms with E-state index >= 15 is 0 Å². The van der Waals surface area contributed by atoms with Gasteiger partial charge in [-0.05, 0) is 59.7 Å². The zero-order chi connectivity index (χ0) is 11.9. The Morgan fingerprint density at radius 2 is 1.94 bits per heavy atom. The van der Waals surface area contributed by atoms with Crippen LogP contribution in [0.3, 0.4) is 0 Å². The molecule has 1 amide bonds. The van der Waals surface area contributed by atoms with Crippen LogP contribution in [-0.2, 0) is 0 Å². The average molecular weight is 379 g/mol. The quantitative estimate of drug-likeness (QED) is 0.761. The Morgan fingerprint density at radius 1 is 1.28 bits per heavy atom. The molecule has 3 nitrogen and oxygen atoms in total. The molecule has 1 N–H and O–H groups in total. The van der Waals surface area contributed by atoms with E-state index in [0.717, 1.165) is 38.0 Å². The summed E-state index contributed by atoms with van der Waals surface area (Å²) >= 11 is 2.26. The van der Waals surface area contributed by atoms with E-state index in [9.17, 15) is 4.79 Å². The normalized spacial score (nSPS) is 20.4. The van der Waals surface area contributed by atoms with E-state index in [1.165, 1.54) is 3.57 Å². The van der Waals surface area contributed by atoms with Crippen LogP contribution < -0.4 is 5.32 Å². The van der Waals surface area contributed by atoms with Gasteiger partial charge in [0.15, 0.2) is 0 Å². The number of halogens is 2. The molecule has 0 radical (unpaired) electrons. The van der Waals surface area contributed by atoms with Gasteiger partial charge in [-0.1, -0.05) is 0 Å². The van der Waals surface area contributed by atoms with E-state index in [-0.39, 0.29) is 23.9 Å². The maximum absolute atomic E-state index is 12.5. The maximum atomic E-state index is 12.5. The fourth-order valence-corrected chi connectivity index (χ4v) is 2.86. The third kappa shape index (κ3) is 2.51. The van der Waals surface area contributed by atoms with Gasteiger partial charge in [0.05, 0.1) is 5.54 Å². The Bertz CT molecular complexity index is 445. The van der Waals surface area contributed by atoms with Crippen LogP contribution >= 0.6 is 35.0 Å². The van der Waals surface area contributed by atoms with Crippen molar-refractivity contribution in [3.8, 4) is 0 Å². The van der Waals surface area contributed by atoms with Crippen molar-refractivity contribution in [3.63, 3.8) is 0 Å².